The van der Waals surface area contributed by atoms with Crippen molar-refractivity contribution in [1.82, 2.24) is 4.90 Å². The molecule has 2 rings (SSSR count). The minimum absolute atomic E-state index is 0.0707. The van der Waals surface area contributed by atoms with Crippen LogP contribution in [-0.2, 0) is 4.79 Å². The quantitative estimate of drug-likeness (QED) is 0.629. The number of carbonyl (C=O) groups is 2. The molecule has 0 aliphatic carbocycles. The number of carboxylic acids is 1. The smallest absolute Gasteiger partial charge is 0.407 e. The first kappa shape index (κ1) is 16.2. The summed E-state index contributed by atoms with van der Waals surface area (Å²) in [5.41, 5.74) is -1.30. The van der Waals surface area contributed by atoms with Crippen molar-refractivity contribution in [1.29, 1.82) is 0 Å². The third-order valence-corrected chi connectivity index (χ3v) is 5.22. The number of nitro groups is 1. The average molecular weight is 328 g/mol. The zero-order valence-electron chi connectivity index (χ0n) is 11.7. The van der Waals surface area contributed by atoms with E-state index in [-0.39, 0.29) is 25.9 Å². The molecule has 0 radical (unpaired) electrons. The van der Waals surface area contributed by atoms with E-state index in [4.69, 9.17) is 5.11 Å². The van der Waals surface area contributed by atoms with Crippen molar-refractivity contribution >= 4 is 23.4 Å². The Morgan fingerprint density at radius 2 is 2.05 bits per heavy atom. The Hall–Kier alpha value is -2.16. The molecule has 0 spiro atoms. The van der Waals surface area contributed by atoms with E-state index in [1.165, 1.54) is 11.3 Å². The average Bonchev–Trinajstić information content (AvgIpc) is 2.98. The number of nitrogens with zero attached hydrogens (tertiary/aromatic N) is 2. The molecule has 2 heterocycles. The summed E-state index contributed by atoms with van der Waals surface area (Å²) >= 11 is 1.29. The summed E-state index contributed by atoms with van der Waals surface area (Å²) in [5, 5.41) is 31.5. The Labute approximate surface area is 130 Å². The Morgan fingerprint density at radius 3 is 2.45 bits per heavy atom. The third-order valence-electron chi connectivity index (χ3n) is 4.24. The van der Waals surface area contributed by atoms with Crippen molar-refractivity contribution in [3.63, 3.8) is 0 Å². The zero-order chi connectivity index (χ0) is 16.3. The van der Waals surface area contributed by atoms with E-state index in [0.29, 0.717) is 4.88 Å². The molecular weight excluding hydrogens is 312 g/mol. The highest BCUT2D eigenvalue weighted by molar-refractivity contribution is 7.10. The van der Waals surface area contributed by atoms with E-state index in [1.54, 1.807) is 17.5 Å². The number of piperidine rings is 1. The van der Waals surface area contributed by atoms with Gasteiger partial charge in [0.05, 0.1) is 11.3 Å². The van der Waals surface area contributed by atoms with Crippen LogP contribution in [0.4, 0.5) is 4.79 Å². The van der Waals surface area contributed by atoms with Gasteiger partial charge in [-0.25, -0.2) is 4.79 Å². The summed E-state index contributed by atoms with van der Waals surface area (Å²) in [6.07, 6.45) is -0.947. The number of carboxylic acid groups (broad SMARTS) is 2. The van der Waals surface area contributed by atoms with Crippen molar-refractivity contribution in [3.8, 4) is 0 Å². The maximum Gasteiger partial charge on any atom is 0.407 e. The SMILES string of the molecule is O=C(O)N1CCC(C(=O)O)(C(C[N+](=O)[O-])c2cccs2)CC1. The Balaban J connectivity index is 2.34. The molecule has 1 atom stereocenters. The van der Waals surface area contributed by atoms with Gasteiger partial charge in [0.25, 0.3) is 0 Å². The molecule has 9 heteroatoms. The lowest BCUT2D eigenvalue weighted by Crippen LogP contribution is -2.50. The first-order valence-electron chi connectivity index (χ1n) is 6.73. The van der Waals surface area contributed by atoms with Gasteiger partial charge in [-0.15, -0.1) is 11.3 Å². The third kappa shape index (κ3) is 3.03. The predicted molar refractivity (Wildman–Crippen MR) is 77.8 cm³/mol. The van der Waals surface area contributed by atoms with Crippen LogP contribution in [0.1, 0.15) is 23.6 Å². The Kier molecular flexibility index (Phi) is 4.65. The summed E-state index contributed by atoms with van der Waals surface area (Å²) in [6.45, 7) is -0.331. The Bertz CT molecular complexity index is 565. The van der Waals surface area contributed by atoms with Crippen molar-refractivity contribution in [2.45, 2.75) is 18.8 Å². The fourth-order valence-electron chi connectivity index (χ4n) is 2.98. The molecule has 1 amide bonds. The number of hydrogen-bond acceptors (Lipinski definition) is 5. The lowest BCUT2D eigenvalue weighted by atomic mass is 9.68. The topological polar surface area (TPSA) is 121 Å². The lowest BCUT2D eigenvalue weighted by Gasteiger charge is -2.41. The van der Waals surface area contributed by atoms with Crippen molar-refractivity contribution in [3.05, 3.63) is 32.5 Å². The van der Waals surface area contributed by atoms with Crippen molar-refractivity contribution in [2.24, 2.45) is 5.41 Å². The first-order chi connectivity index (χ1) is 10.4. The fraction of sp³-hybridized carbons (Fsp3) is 0.538. The predicted octanol–water partition coefficient (Wildman–Crippen LogP) is 1.95. The van der Waals surface area contributed by atoms with Gasteiger partial charge >= 0.3 is 12.1 Å². The van der Waals surface area contributed by atoms with Gasteiger partial charge in [-0.05, 0) is 24.3 Å². The van der Waals surface area contributed by atoms with Crippen LogP contribution in [-0.4, -0.2) is 51.7 Å². The summed E-state index contributed by atoms with van der Waals surface area (Å²) in [6, 6.07) is 3.43. The highest BCUT2D eigenvalue weighted by Crippen LogP contribution is 2.46. The largest absolute Gasteiger partial charge is 0.481 e. The highest BCUT2D eigenvalue weighted by Gasteiger charge is 2.51. The van der Waals surface area contributed by atoms with E-state index >= 15 is 0 Å². The standard InChI is InChI=1S/C13H16N2O6S/c16-11(17)13(3-5-14(6-4-13)12(18)19)9(8-15(20)21)10-2-1-7-22-10/h1-2,7,9H,3-6,8H2,(H,16,17)(H,18,19). The molecule has 2 N–H and O–H groups in total. The molecule has 1 unspecified atom stereocenters. The lowest BCUT2D eigenvalue weighted by molar-refractivity contribution is -0.486. The number of amides is 1. The van der Waals surface area contributed by atoms with Crippen LogP contribution in [0, 0.1) is 15.5 Å². The molecule has 0 bridgehead atoms. The number of hydrogen-bond donors (Lipinski definition) is 2. The van der Waals surface area contributed by atoms with Gasteiger partial charge in [0, 0.05) is 22.9 Å². The highest BCUT2D eigenvalue weighted by atomic mass is 32.1. The van der Waals surface area contributed by atoms with Crippen LogP contribution >= 0.6 is 11.3 Å². The molecule has 120 valence electrons. The van der Waals surface area contributed by atoms with E-state index in [9.17, 15) is 24.8 Å². The second-order valence-corrected chi connectivity index (χ2v) is 6.29. The molecule has 1 aromatic rings. The summed E-state index contributed by atoms with van der Waals surface area (Å²) in [7, 11) is 0. The van der Waals surface area contributed by atoms with Gasteiger partial charge in [0.1, 0.15) is 0 Å². The normalized spacial score (nSPS) is 18.6. The number of thiophene rings is 1. The van der Waals surface area contributed by atoms with Crippen LogP contribution in [0.3, 0.4) is 0 Å². The summed E-state index contributed by atoms with van der Waals surface area (Å²) in [5.74, 6) is -1.85. The molecule has 22 heavy (non-hydrogen) atoms. The monoisotopic (exact) mass is 328 g/mol. The van der Waals surface area contributed by atoms with E-state index in [1.807, 2.05) is 0 Å². The van der Waals surface area contributed by atoms with Crippen LogP contribution in [0.25, 0.3) is 0 Å². The molecular formula is C13H16N2O6S. The second kappa shape index (κ2) is 6.30. The Morgan fingerprint density at radius 1 is 1.41 bits per heavy atom. The van der Waals surface area contributed by atoms with E-state index < -0.39 is 34.9 Å². The molecule has 1 aromatic heterocycles. The minimum Gasteiger partial charge on any atom is -0.481 e. The minimum atomic E-state index is -1.30. The maximum atomic E-state index is 11.9. The van der Waals surface area contributed by atoms with E-state index in [2.05, 4.69) is 0 Å². The van der Waals surface area contributed by atoms with Gasteiger partial charge in [-0.1, -0.05) is 6.07 Å². The second-order valence-electron chi connectivity index (χ2n) is 5.31. The van der Waals surface area contributed by atoms with Crippen LogP contribution < -0.4 is 0 Å². The van der Waals surface area contributed by atoms with Gasteiger partial charge in [-0.3, -0.25) is 14.9 Å². The molecule has 0 saturated carbocycles. The first-order valence-corrected chi connectivity index (χ1v) is 7.61. The van der Waals surface area contributed by atoms with Gasteiger partial charge < -0.3 is 15.1 Å². The van der Waals surface area contributed by atoms with Gasteiger partial charge in [0.15, 0.2) is 0 Å². The van der Waals surface area contributed by atoms with Crippen LogP contribution in [0.2, 0.25) is 0 Å². The van der Waals surface area contributed by atoms with Crippen LogP contribution in [0.5, 0.6) is 0 Å². The van der Waals surface area contributed by atoms with Crippen LogP contribution in [0.15, 0.2) is 17.5 Å². The molecule has 1 aliphatic rings. The molecule has 0 aromatic carbocycles. The molecule has 1 fully saturated rings. The number of rotatable bonds is 5. The summed E-state index contributed by atoms with van der Waals surface area (Å²) < 4.78 is 0. The number of aliphatic carboxylic acids is 1. The molecule has 8 nitrogen and oxygen atoms in total. The van der Waals surface area contributed by atoms with Gasteiger partial charge in [0.2, 0.25) is 6.54 Å². The summed E-state index contributed by atoms with van der Waals surface area (Å²) in [4.78, 5) is 35.2. The number of likely N-dealkylation sites (tertiary alicyclic amines) is 1. The fourth-order valence-corrected chi connectivity index (χ4v) is 3.92. The molecule has 1 aliphatic heterocycles. The van der Waals surface area contributed by atoms with Crippen molar-refractivity contribution < 1.29 is 24.7 Å². The van der Waals surface area contributed by atoms with Gasteiger partial charge in [-0.2, -0.15) is 0 Å². The van der Waals surface area contributed by atoms with E-state index in [0.717, 1.165) is 4.90 Å². The zero-order valence-corrected chi connectivity index (χ0v) is 12.5. The molecule has 1 saturated heterocycles. The van der Waals surface area contributed by atoms with Crippen molar-refractivity contribution in [2.75, 3.05) is 19.6 Å². The maximum absolute atomic E-state index is 11.9.